The normalized spacial score (nSPS) is 18.4. The zero-order valence-electron chi connectivity index (χ0n) is 18.0. The lowest BCUT2D eigenvalue weighted by molar-refractivity contribution is -0.115. The molecule has 2 aliphatic rings. The van der Waals surface area contributed by atoms with Crippen LogP contribution < -0.4 is 16.1 Å². The Morgan fingerprint density at radius 1 is 1.29 bits per heavy atom. The number of carbonyl (C=O) groups excluding carboxylic acids is 1. The van der Waals surface area contributed by atoms with Crippen molar-refractivity contribution in [3.05, 3.63) is 58.3 Å². The number of nitrogens with two attached hydrogens (primary N) is 1. The summed E-state index contributed by atoms with van der Waals surface area (Å²) in [7, 11) is 0. The number of hydrazone groups is 1. The largest absolute Gasteiger partial charge is 0.378 e. The fourth-order valence-electron chi connectivity index (χ4n) is 3.79. The van der Waals surface area contributed by atoms with Crippen LogP contribution in [0.25, 0.3) is 0 Å². The van der Waals surface area contributed by atoms with Gasteiger partial charge in [0.2, 0.25) is 5.95 Å². The first-order valence-electron chi connectivity index (χ1n) is 10.6. The average molecular weight is 421 g/mol. The third kappa shape index (κ3) is 5.15. The highest BCUT2D eigenvalue weighted by Crippen LogP contribution is 2.33. The summed E-state index contributed by atoms with van der Waals surface area (Å²) in [6.45, 7) is 6.62. The topological polar surface area (TPSA) is 106 Å². The predicted molar refractivity (Wildman–Crippen MR) is 122 cm³/mol. The maximum Gasteiger partial charge on any atom is 0.245 e. The summed E-state index contributed by atoms with van der Waals surface area (Å²) in [5, 5.41) is 4.33. The summed E-state index contributed by atoms with van der Waals surface area (Å²) < 4.78 is 5.50. The van der Waals surface area contributed by atoms with E-state index >= 15 is 0 Å². The van der Waals surface area contributed by atoms with Crippen molar-refractivity contribution in [1.29, 1.82) is 0 Å². The molecule has 3 N–H and O–H groups in total. The number of ether oxygens (including phenoxy) is 1. The summed E-state index contributed by atoms with van der Waals surface area (Å²) in [4.78, 5) is 23.8. The van der Waals surface area contributed by atoms with Gasteiger partial charge in [0.1, 0.15) is 5.82 Å². The van der Waals surface area contributed by atoms with Gasteiger partial charge < -0.3 is 15.4 Å². The van der Waals surface area contributed by atoms with Gasteiger partial charge in [-0.15, -0.1) is 0 Å². The van der Waals surface area contributed by atoms with Crippen molar-refractivity contribution in [1.82, 2.24) is 9.97 Å². The molecule has 4 rings (SSSR count). The highest BCUT2D eigenvalue weighted by Gasteiger charge is 2.27. The van der Waals surface area contributed by atoms with Gasteiger partial charge >= 0.3 is 0 Å². The number of allylic oxidation sites excluding steroid dienone is 1. The minimum absolute atomic E-state index is 0.0650. The minimum atomic E-state index is -0.505. The molecule has 2 aromatic rings. The Hall–Kier alpha value is -3.10. The van der Waals surface area contributed by atoms with Crippen LogP contribution in [-0.4, -0.2) is 54.3 Å². The molecule has 162 valence electrons. The monoisotopic (exact) mass is 420 g/mol. The minimum Gasteiger partial charge on any atom is -0.378 e. The Bertz CT molecular complexity index is 1020. The van der Waals surface area contributed by atoms with E-state index in [-0.39, 0.29) is 5.78 Å². The van der Waals surface area contributed by atoms with Gasteiger partial charge in [0.25, 0.3) is 0 Å². The van der Waals surface area contributed by atoms with Gasteiger partial charge in [-0.1, -0.05) is 35.4 Å². The number of hydrogen-bond donors (Lipinski definition) is 2. The molecule has 0 saturated carbocycles. The molecule has 1 fully saturated rings. The van der Waals surface area contributed by atoms with Crippen molar-refractivity contribution in [2.45, 2.75) is 32.7 Å². The Morgan fingerprint density at radius 3 is 2.84 bits per heavy atom. The Balaban J connectivity index is 1.60. The summed E-state index contributed by atoms with van der Waals surface area (Å²) >= 11 is 0. The van der Waals surface area contributed by atoms with E-state index in [4.69, 9.17) is 15.5 Å². The van der Waals surface area contributed by atoms with Crippen LogP contribution in [0.15, 0.2) is 41.0 Å². The van der Waals surface area contributed by atoms with Crippen LogP contribution in [0, 0.1) is 6.92 Å². The fraction of sp³-hybridized carbons (Fsp3) is 0.391. The van der Waals surface area contributed by atoms with E-state index in [1.165, 1.54) is 5.56 Å². The van der Waals surface area contributed by atoms with Gasteiger partial charge in [-0.25, -0.2) is 10.4 Å². The Labute approximate surface area is 182 Å². The molecule has 8 heteroatoms. The number of carbonyl (C=O) groups is 1. The fourth-order valence-corrected chi connectivity index (χ4v) is 3.79. The number of aryl methyl sites for hydroxylation is 1. The van der Waals surface area contributed by atoms with E-state index in [2.05, 4.69) is 26.5 Å². The molecule has 1 atom stereocenters. The molecule has 0 spiro atoms. The van der Waals surface area contributed by atoms with Crippen molar-refractivity contribution < 1.29 is 9.53 Å². The lowest BCUT2D eigenvalue weighted by Gasteiger charge is -2.29. The molecule has 2 heterocycles. The van der Waals surface area contributed by atoms with E-state index in [1.807, 2.05) is 25.1 Å². The van der Waals surface area contributed by atoms with Gasteiger partial charge in [-0.2, -0.15) is 10.1 Å². The maximum absolute atomic E-state index is 12.1. The number of aromatic nitrogens is 2. The Kier molecular flexibility index (Phi) is 6.39. The number of ketones is 1. The van der Waals surface area contributed by atoms with Crippen LogP contribution in [0.3, 0.4) is 0 Å². The lowest BCUT2D eigenvalue weighted by Crippen LogP contribution is -2.37. The summed E-state index contributed by atoms with van der Waals surface area (Å²) in [6.07, 6.45) is 4.69. The SMILES string of the molecule is Cc1cccc(/C=N/Nc2nc3c(c(N4CCOCC4)n2)C/C(=C\C(=O)[C@H](C)N)C3)c1. The highest BCUT2D eigenvalue weighted by atomic mass is 16.5. The second-order valence-electron chi connectivity index (χ2n) is 8.03. The molecular weight excluding hydrogens is 392 g/mol. The molecule has 1 saturated heterocycles. The second-order valence-corrected chi connectivity index (χ2v) is 8.03. The van der Waals surface area contributed by atoms with E-state index in [0.29, 0.717) is 32.0 Å². The number of rotatable bonds is 6. The molecular formula is C23H28N6O2. The third-order valence-electron chi connectivity index (χ3n) is 5.40. The molecule has 1 aromatic heterocycles. The first-order chi connectivity index (χ1) is 15.0. The summed E-state index contributed by atoms with van der Waals surface area (Å²) in [5.41, 5.74) is 13.9. The van der Waals surface area contributed by atoms with Crippen molar-refractivity contribution in [2.75, 3.05) is 36.6 Å². The maximum atomic E-state index is 12.1. The molecule has 1 aromatic carbocycles. The summed E-state index contributed by atoms with van der Waals surface area (Å²) in [5.74, 6) is 1.27. The molecule has 0 bridgehead atoms. The van der Waals surface area contributed by atoms with Crippen LogP contribution in [0.1, 0.15) is 29.3 Å². The molecule has 8 nitrogen and oxygen atoms in total. The van der Waals surface area contributed by atoms with E-state index in [0.717, 1.165) is 41.3 Å². The van der Waals surface area contributed by atoms with Crippen molar-refractivity contribution in [3.63, 3.8) is 0 Å². The standard InChI is InChI=1S/C23H28N6O2/c1-15-4-3-5-17(10-15)14-25-28-23-26-20-12-18(13-21(30)16(2)24)11-19(20)22(27-23)29-6-8-31-9-7-29/h3-5,10,13-14,16H,6-9,11-12,24H2,1-2H3,(H,26,27,28)/b18-13+,25-14+/t16-/m0/s1. The van der Waals surface area contributed by atoms with Crippen molar-refractivity contribution >= 4 is 23.8 Å². The van der Waals surface area contributed by atoms with Crippen molar-refractivity contribution in [2.24, 2.45) is 10.8 Å². The number of nitrogens with one attached hydrogen (secondary N) is 1. The Morgan fingerprint density at radius 2 is 2.10 bits per heavy atom. The molecule has 0 radical (unpaired) electrons. The number of fused-ring (bicyclic) bond motifs is 1. The first-order valence-corrected chi connectivity index (χ1v) is 10.6. The van der Waals surface area contributed by atoms with Crippen LogP contribution in [-0.2, 0) is 22.4 Å². The van der Waals surface area contributed by atoms with Gasteiger partial charge in [0.05, 0.1) is 31.2 Å². The predicted octanol–water partition coefficient (Wildman–Crippen LogP) is 2.01. The van der Waals surface area contributed by atoms with Crippen LogP contribution in [0.2, 0.25) is 0 Å². The zero-order valence-corrected chi connectivity index (χ0v) is 18.0. The number of benzene rings is 1. The number of hydrogen-bond acceptors (Lipinski definition) is 8. The van der Waals surface area contributed by atoms with Crippen molar-refractivity contribution in [3.8, 4) is 0 Å². The number of morpholine rings is 1. The summed E-state index contributed by atoms with van der Waals surface area (Å²) in [6, 6.07) is 7.59. The molecule has 31 heavy (non-hydrogen) atoms. The average Bonchev–Trinajstić information content (AvgIpc) is 3.16. The van der Waals surface area contributed by atoms with E-state index in [9.17, 15) is 4.79 Å². The van der Waals surface area contributed by atoms with Crippen LogP contribution in [0.4, 0.5) is 11.8 Å². The third-order valence-corrected chi connectivity index (χ3v) is 5.40. The number of nitrogens with zero attached hydrogens (tertiary/aromatic N) is 4. The molecule has 0 unspecified atom stereocenters. The zero-order chi connectivity index (χ0) is 21.8. The van der Waals surface area contributed by atoms with Gasteiger partial charge in [-0.3, -0.25) is 4.79 Å². The lowest BCUT2D eigenvalue weighted by atomic mass is 10.1. The molecule has 1 aliphatic heterocycles. The van der Waals surface area contributed by atoms with E-state index in [1.54, 1.807) is 19.2 Å². The van der Waals surface area contributed by atoms with E-state index < -0.39 is 6.04 Å². The van der Waals surface area contributed by atoms with Crippen LogP contribution >= 0.6 is 0 Å². The highest BCUT2D eigenvalue weighted by molar-refractivity contribution is 5.94. The van der Waals surface area contributed by atoms with Gasteiger partial charge in [-0.05, 0) is 31.9 Å². The number of anilines is 2. The van der Waals surface area contributed by atoms with Gasteiger partial charge in [0, 0.05) is 25.1 Å². The second kappa shape index (κ2) is 9.36. The molecule has 0 amide bonds. The van der Waals surface area contributed by atoms with Gasteiger partial charge in [0.15, 0.2) is 5.78 Å². The quantitative estimate of drug-likeness (QED) is 0.418. The smallest absolute Gasteiger partial charge is 0.245 e. The first kappa shape index (κ1) is 21.1. The van der Waals surface area contributed by atoms with Crippen LogP contribution in [0.5, 0.6) is 0 Å². The molecule has 1 aliphatic carbocycles.